The second kappa shape index (κ2) is 8.76. The highest BCUT2D eigenvalue weighted by molar-refractivity contribution is 5.38. The lowest BCUT2D eigenvalue weighted by atomic mass is 9.61. The quantitative estimate of drug-likeness (QED) is 0.551. The fourth-order valence-corrected chi connectivity index (χ4v) is 6.63. The third-order valence-electron chi connectivity index (χ3n) is 8.65. The van der Waals surface area contributed by atoms with Crippen LogP contribution in [0.4, 0.5) is 0 Å². The van der Waals surface area contributed by atoms with E-state index in [1.165, 1.54) is 44.1 Å². The average molecular weight is 413 g/mol. The summed E-state index contributed by atoms with van der Waals surface area (Å²) in [4.78, 5) is 0. The monoisotopic (exact) mass is 412 g/mol. The molecule has 0 aromatic carbocycles. The van der Waals surface area contributed by atoms with Gasteiger partial charge in [-0.3, -0.25) is 0 Å². The van der Waals surface area contributed by atoms with Crippen molar-refractivity contribution in [3.05, 3.63) is 47.6 Å². The van der Waals surface area contributed by atoms with Crippen LogP contribution >= 0.6 is 0 Å². The van der Waals surface area contributed by atoms with Crippen LogP contribution in [0.3, 0.4) is 0 Å². The van der Waals surface area contributed by atoms with Gasteiger partial charge in [-0.25, -0.2) is 0 Å². The van der Waals surface area contributed by atoms with E-state index in [4.69, 9.17) is 0 Å². The molecule has 4 aliphatic rings. The molecule has 30 heavy (non-hydrogen) atoms. The molecule has 0 heterocycles. The molecule has 4 fully saturated rings. The minimum absolute atomic E-state index is 0.250. The first kappa shape index (κ1) is 22.0. The molecule has 3 N–H and O–H groups in total. The number of hydrogen-bond donors (Lipinski definition) is 3. The van der Waals surface area contributed by atoms with Crippen molar-refractivity contribution in [2.24, 2.45) is 29.1 Å². The summed E-state index contributed by atoms with van der Waals surface area (Å²) in [5.74, 6) is 2.28. The minimum Gasteiger partial charge on any atom is -0.393 e. The van der Waals surface area contributed by atoms with Gasteiger partial charge in [0.2, 0.25) is 0 Å². The molecule has 166 valence electrons. The Morgan fingerprint density at radius 3 is 2.60 bits per heavy atom. The van der Waals surface area contributed by atoms with Crippen LogP contribution in [0.1, 0.15) is 71.6 Å². The predicted octanol–water partition coefficient (Wildman–Crippen LogP) is 5.09. The summed E-state index contributed by atoms with van der Waals surface area (Å²) < 4.78 is 0. The largest absolute Gasteiger partial charge is 0.393 e. The van der Waals surface area contributed by atoms with Crippen LogP contribution in [0.5, 0.6) is 0 Å². The smallest absolute Gasteiger partial charge is 0.0811 e. The molecule has 0 bridgehead atoms. The second-order valence-electron chi connectivity index (χ2n) is 10.7. The SMILES string of the molecule is C=C1/C(=C\C=C2CCC[C@]3(C)[C@@H](C(C)/C=C/[C@@H](O)C4CC4)CC[C@@H]23)C[C@@H](O)C[C@@H]1O. The minimum atomic E-state index is -0.621. The van der Waals surface area contributed by atoms with Crippen molar-refractivity contribution in [3.63, 3.8) is 0 Å². The van der Waals surface area contributed by atoms with E-state index >= 15 is 0 Å². The van der Waals surface area contributed by atoms with Gasteiger partial charge in [-0.05, 0) is 91.6 Å². The van der Waals surface area contributed by atoms with Gasteiger partial charge in [0.25, 0.3) is 0 Å². The van der Waals surface area contributed by atoms with Crippen molar-refractivity contribution < 1.29 is 15.3 Å². The van der Waals surface area contributed by atoms with E-state index in [1.807, 2.05) is 0 Å². The standard InChI is InChI=1S/C27H40O3/c1-17(6-13-25(29)20-8-9-20)23-11-12-24-19(5-4-14-27(23,24)3)7-10-21-15-22(28)16-26(30)18(21)2/h6-7,10,13,17,20,22-26,28-30H,2,4-5,8-9,11-12,14-16H2,1,3H3/b13-6+,19-7?,21-10-/t17?,22-,23-,24+,25-,26+,27-/m1/s1. The van der Waals surface area contributed by atoms with Gasteiger partial charge < -0.3 is 15.3 Å². The molecule has 0 radical (unpaired) electrons. The van der Waals surface area contributed by atoms with Crippen molar-refractivity contribution in [1.82, 2.24) is 0 Å². The summed E-state index contributed by atoms with van der Waals surface area (Å²) in [5, 5.41) is 30.4. The van der Waals surface area contributed by atoms with Crippen molar-refractivity contribution in [2.45, 2.75) is 89.9 Å². The van der Waals surface area contributed by atoms with Crippen LogP contribution in [0, 0.1) is 29.1 Å². The van der Waals surface area contributed by atoms with Crippen LogP contribution in [-0.4, -0.2) is 33.6 Å². The van der Waals surface area contributed by atoms with Crippen LogP contribution in [0.2, 0.25) is 0 Å². The van der Waals surface area contributed by atoms with Gasteiger partial charge >= 0.3 is 0 Å². The van der Waals surface area contributed by atoms with Crippen LogP contribution in [0.15, 0.2) is 47.6 Å². The van der Waals surface area contributed by atoms with Gasteiger partial charge in [0.1, 0.15) is 0 Å². The molecule has 7 atom stereocenters. The normalized spacial score (nSPS) is 42.1. The molecular formula is C27H40O3. The van der Waals surface area contributed by atoms with E-state index in [-0.39, 0.29) is 6.10 Å². The fraction of sp³-hybridized carbons (Fsp3) is 0.704. The number of hydrogen-bond acceptors (Lipinski definition) is 3. The molecule has 1 unspecified atom stereocenters. The van der Waals surface area contributed by atoms with Crippen molar-refractivity contribution in [1.29, 1.82) is 0 Å². The molecule has 0 saturated heterocycles. The van der Waals surface area contributed by atoms with E-state index in [0.29, 0.717) is 41.9 Å². The van der Waals surface area contributed by atoms with Gasteiger partial charge in [0.05, 0.1) is 18.3 Å². The molecule has 3 heteroatoms. The Labute approximate surface area is 182 Å². The molecule has 0 aromatic heterocycles. The van der Waals surface area contributed by atoms with Gasteiger partial charge in [0, 0.05) is 6.42 Å². The summed E-state index contributed by atoms with van der Waals surface area (Å²) in [7, 11) is 0. The zero-order chi connectivity index (χ0) is 21.5. The lowest BCUT2D eigenvalue weighted by molar-refractivity contribution is 0.0862. The van der Waals surface area contributed by atoms with Gasteiger partial charge in [-0.2, -0.15) is 0 Å². The molecule has 4 saturated carbocycles. The average Bonchev–Trinajstić information content (AvgIpc) is 3.49. The number of aliphatic hydroxyl groups excluding tert-OH is 3. The number of rotatable bonds is 5. The predicted molar refractivity (Wildman–Crippen MR) is 122 cm³/mol. The second-order valence-corrected chi connectivity index (χ2v) is 10.7. The zero-order valence-electron chi connectivity index (χ0n) is 18.8. The van der Waals surface area contributed by atoms with E-state index in [1.54, 1.807) is 0 Å². The number of allylic oxidation sites excluding steroid dienone is 4. The van der Waals surface area contributed by atoms with Crippen molar-refractivity contribution in [2.75, 3.05) is 0 Å². The Bertz CT molecular complexity index is 743. The molecule has 0 spiro atoms. The first-order chi connectivity index (χ1) is 14.3. The lowest BCUT2D eigenvalue weighted by Gasteiger charge is -2.44. The maximum Gasteiger partial charge on any atom is 0.0811 e. The zero-order valence-corrected chi connectivity index (χ0v) is 18.8. The molecule has 0 aromatic rings. The summed E-state index contributed by atoms with van der Waals surface area (Å²) in [5.41, 5.74) is 3.63. The lowest BCUT2D eigenvalue weighted by Crippen LogP contribution is -2.35. The third-order valence-corrected chi connectivity index (χ3v) is 8.65. The number of fused-ring (bicyclic) bond motifs is 1. The van der Waals surface area contributed by atoms with Gasteiger partial charge in [-0.15, -0.1) is 0 Å². The van der Waals surface area contributed by atoms with Crippen molar-refractivity contribution in [3.8, 4) is 0 Å². The molecule has 3 nitrogen and oxygen atoms in total. The van der Waals surface area contributed by atoms with Gasteiger partial charge in [-0.1, -0.05) is 50.3 Å². The topological polar surface area (TPSA) is 60.7 Å². The number of aliphatic hydroxyl groups is 3. The summed E-state index contributed by atoms with van der Waals surface area (Å²) in [6, 6.07) is 0. The Morgan fingerprint density at radius 2 is 1.87 bits per heavy atom. The van der Waals surface area contributed by atoms with E-state index < -0.39 is 12.2 Å². The molecule has 0 amide bonds. The third kappa shape index (κ3) is 4.40. The summed E-state index contributed by atoms with van der Waals surface area (Å²) in [6.45, 7) is 8.88. The van der Waals surface area contributed by atoms with Crippen LogP contribution in [-0.2, 0) is 0 Å². The van der Waals surface area contributed by atoms with Crippen molar-refractivity contribution >= 4 is 0 Å². The molecular weight excluding hydrogens is 372 g/mol. The molecule has 0 aliphatic heterocycles. The Morgan fingerprint density at radius 1 is 1.10 bits per heavy atom. The maximum atomic E-state index is 10.2. The Kier molecular flexibility index (Phi) is 6.44. The van der Waals surface area contributed by atoms with E-state index in [9.17, 15) is 15.3 Å². The molecule has 4 rings (SSSR count). The van der Waals surface area contributed by atoms with E-state index in [0.717, 1.165) is 17.6 Å². The maximum absolute atomic E-state index is 10.2. The highest BCUT2D eigenvalue weighted by Gasteiger charge is 2.50. The highest BCUT2D eigenvalue weighted by Crippen LogP contribution is 2.59. The van der Waals surface area contributed by atoms with Crippen LogP contribution in [0.25, 0.3) is 0 Å². The van der Waals surface area contributed by atoms with E-state index in [2.05, 4.69) is 44.7 Å². The van der Waals surface area contributed by atoms with Gasteiger partial charge in [0.15, 0.2) is 0 Å². The fourth-order valence-electron chi connectivity index (χ4n) is 6.63. The summed E-state index contributed by atoms with van der Waals surface area (Å²) in [6.07, 6.45) is 16.9. The first-order valence-corrected chi connectivity index (χ1v) is 12.1. The Balaban J connectivity index is 1.48. The molecule has 4 aliphatic carbocycles. The summed E-state index contributed by atoms with van der Waals surface area (Å²) >= 11 is 0. The Hall–Kier alpha value is -1.16. The van der Waals surface area contributed by atoms with Crippen LogP contribution < -0.4 is 0 Å². The first-order valence-electron chi connectivity index (χ1n) is 12.1. The highest BCUT2D eigenvalue weighted by atomic mass is 16.3.